The topological polar surface area (TPSA) is 75.1 Å². The van der Waals surface area contributed by atoms with E-state index in [1.54, 1.807) is 0 Å². The van der Waals surface area contributed by atoms with Crippen molar-refractivity contribution in [2.24, 2.45) is 5.92 Å². The minimum atomic E-state index is -0.850. The quantitative estimate of drug-likeness (QED) is 0.770. The Morgan fingerprint density at radius 3 is 2.69 bits per heavy atom. The number of carbonyl (C=O) groups is 1. The van der Waals surface area contributed by atoms with Gasteiger partial charge in [0.2, 0.25) is 5.95 Å². The van der Waals surface area contributed by atoms with E-state index in [0.717, 1.165) is 18.8 Å². The number of aromatic nitrogens is 2. The van der Waals surface area contributed by atoms with Gasteiger partial charge in [-0.25, -0.2) is 14.4 Å². The molecule has 0 saturated heterocycles. The van der Waals surface area contributed by atoms with Crippen molar-refractivity contribution in [1.82, 2.24) is 9.97 Å². The predicted molar refractivity (Wildman–Crippen MR) is 56.5 cm³/mol. The summed E-state index contributed by atoms with van der Waals surface area (Å²) in [6, 6.07) is 0. The molecule has 1 atom stereocenters. The lowest BCUT2D eigenvalue weighted by Gasteiger charge is -2.11. The molecule has 1 aromatic rings. The maximum Gasteiger partial charge on any atom is 0.308 e. The second-order valence-corrected chi connectivity index (χ2v) is 3.43. The summed E-state index contributed by atoms with van der Waals surface area (Å²) < 4.78 is 12.5. The molecule has 1 unspecified atom stereocenters. The molecular formula is C10H14FN3O2. The molecule has 0 aromatic carbocycles. The van der Waals surface area contributed by atoms with Crippen LogP contribution in [0.3, 0.4) is 0 Å². The number of hydrogen-bond donors (Lipinski definition) is 2. The molecule has 0 aliphatic rings. The Labute approximate surface area is 92.7 Å². The highest BCUT2D eigenvalue weighted by Gasteiger charge is 2.16. The summed E-state index contributed by atoms with van der Waals surface area (Å²) in [5.74, 6) is -1.60. The van der Waals surface area contributed by atoms with Crippen molar-refractivity contribution in [1.29, 1.82) is 0 Å². The van der Waals surface area contributed by atoms with E-state index in [1.165, 1.54) is 0 Å². The zero-order chi connectivity index (χ0) is 12.0. The van der Waals surface area contributed by atoms with E-state index in [0.29, 0.717) is 6.42 Å². The molecule has 1 rings (SSSR count). The van der Waals surface area contributed by atoms with Crippen molar-refractivity contribution in [2.45, 2.75) is 19.8 Å². The number of nitrogens with one attached hydrogen (secondary N) is 1. The fourth-order valence-electron chi connectivity index (χ4n) is 1.28. The summed E-state index contributed by atoms with van der Waals surface area (Å²) in [6.07, 6.45) is 3.45. The molecule has 1 aromatic heterocycles. The third-order valence-electron chi connectivity index (χ3n) is 2.11. The Balaban J connectivity index is 2.48. The standard InChI is InChI=1S/C10H14FN3O2/c1-2-3-7(9(15)16)4-12-10-13-5-8(11)6-14-10/h5-7H,2-4H2,1H3,(H,15,16)(H,12,13,14). The lowest BCUT2D eigenvalue weighted by Crippen LogP contribution is -2.23. The molecule has 0 aliphatic heterocycles. The van der Waals surface area contributed by atoms with Gasteiger partial charge in [-0.2, -0.15) is 0 Å². The second-order valence-electron chi connectivity index (χ2n) is 3.43. The lowest BCUT2D eigenvalue weighted by atomic mass is 10.0. The molecule has 0 amide bonds. The summed E-state index contributed by atoms with van der Waals surface area (Å²) in [4.78, 5) is 18.2. The Morgan fingerprint density at radius 2 is 2.19 bits per heavy atom. The van der Waals surface area contributed by atoms with Crippen molar-refractivity contribution >= 4 is 11.9 Å². The van der Waals surface area contributed by atoms with Crippen LogP contribution in [0.4, 0.5) is 10.3 Å². The third kappa shape index (κ3) is 3.80. The van der Waals surface area contributed by atoms with Gasteiger partial charge in [-0.3, -0.25) is 4.79 Å². The van der Waals surface area contributed by atoms with Crippen LogP contribution < -0.4 is 5.32 Å². The van der Waals surface area contributed by atoms with Crippen molar-refractivity contribution in [3.05, 3.63) is 18.2 Å². The van der Waals surface area contributed by atoms with E-state index in [-0.39, 0.29) is 12.5 Å². The van der Waals surface area contributed by atoms with Crippen LogP contribution in [0, 0.1) is 11.7 Å². The second kappa shape index (κ2) is 5.99. The van der Waals surface area contributed by atoms with Crippen LogP contribution in [0.15, 0.2) is 12.4 Å². The first kappa shape index (κ1) is 12.4. The number of halogens is 1. The fraction of sp³-hybridized carbons (Fsp3) is 0.500. The van der Waals surface area contributed by atoms with Crippen LogP contribution >= 0.6 is 0 Å². The average Bonchev–Trinajstić information content (AvgIpc) is 2.26. The maximum atomic E-state index is 12.5. The molecule has 2 N–H and O–H groups in total. The number of nitrogens with zero attached hydrogens (tertiary/aromatic N) is 2. The Hall–Kier alpha value is -1.72. The van der Waals surface area contributed by atoms with E-state index in [1.807, 2.05) is 6.92 Å². The predicted octanol–water partition coefficient (Wildman–Crippen LogP) is 1.53. The molecule has 5 nitrogen and oxygen atoms in total. The molecule has 0 aliphatic carbocycles. The molecule has 0 bridgehead atoms. The minimum Gasteiger partial charge on any atom is -0.481 e. The van der Waals surface area contributed by atoms with Crippen molar-refractivity contribution in [3.8, 4) is 0 Å². The van der Waals surface area contributed by atoms with Gasteiger partial charge in [0.15, 0.2) is 5.82 Å². The number of carboxylic acid groups (broad SMARTS) is 1. The lowest BCUT2D eigenvalue weighted by molar-refractivity contribution is -0.141. The smallest absolute Gasteiger partial charge is 0.308 e. The van der Waals surface area contributed by atoms with E-state index in [4.69, 9.17) is 5.11 Å². The first-order chi connectivity index (χ1) is 7.63. The van der Waals surface area contributed by atoms with Crippen molar-refractivity contribution in [3.63, 3.8) is 0 Å². The highest BCUT2D eigenvalue weighted by Crippen LogP contribution is 2.07. The number of anilines is 1. The van der Waals surface area contributed by atoms with Crippen LogP contribution in [0.2, 0.25) is 0 Å². The van der Waals surface area contributed by atoms with E-state index in [2.05, 4.69) is 15.3 Å². The van der Waals surface area contributed by atoms with Crippen molar-refractivity contribution in [2.75, 3.05) is 11.9 Å². The number of hydrogen-bond acceptors (Lipinski definition) is 4. The van der Waals surface area contributed by atoms with E-state index in [9.17, 15) is 9.18 Å². The Morgan fingerprint density at radius 1 is 1.56 bits per heavy atom. The van der Waals surface area contributed by atoms with Gasteiger partial charge in [-0.15, -0.1) is 0 Å². The Kier molecular flexibility index (Phi) is 4.63. The fourth-order valence-corrected chi connectivity index (χ4v) is 1.28. The first-order valence-electron chi connectivity index (χ1n) is 5.07. The number of carboxylic acids is 1. The first-order valence-corrected chi connectivity index (χ1v) is 5.07. The highest BCUT2D eigenvalue weighted by atomic mass is 19.1. The van der Waals surface area contributed by atoms with Crippen LogP contribution in [-0.4, -0.2) is 27.6 Å². The number of rotatable bonds is 6. The van der Waals surface area contributed by atoms with Gasteiger partial charge in [0.1, 0.15) is 0 Å². The molecule has 16 heavy (non-hydrogen) atoms. The summed E-state index contributed by atoms with van der Waals surface area (Å²) in [6.45, 7) is 2.17. The van der Waals surface area contributed by atoms with Gasteiger partial charge in [0.05, 0.1) is 18.3 Å². The normalized spacial score (nSPS) is 12.1. The third-order valence-corrected chi connectivity index (χ3v) is 2.11. The summed E-state index contributed by atoms with van der Waals surface area (Å²) >= 11 is 0. The molecule has 0 saturated carbocycles. The van der Waals surface area contributed by atoms with Crippen LogP contribution in [0.1, 0.15) is 19.8 Å². The van der Waals surface area contributed by atoms with Crippen LogP contribution in [-0.2, 0) is 4.79 Å². The van der Waals surface area contributed by atoms with Gasteiger partial charge < -0.3 is 10.4 Å². The molecule has 0 fully saturated rings. The summed E-state index contributed by atoms with van der Waals surface area (Å²) in [7, 11) is 0. The zero-order valence-electron chi connectivity index (χ0n) is 8.98. The van der Waals surface area contributed by atoms with E-state index >= 15 is 0 Å². The summed E-state index contributed by atoms with van der Waals surface area (Å²) in [5.41, 5.74) is 0. The van der Waals surface area contributed by atoms with Gasteiger partial charge >= 0.3 is 5.97 Å². The van der Waals surface area contributed by atoms with Crippen LogP contribution in [0.5, 0.6) is 0 Å². The summed E-state index contributed by atoms with van der Waals surface area (Å²) in [5, 5.41) is 11.7. The maximum absolute atomic E-state index is 12.5. The van der Waals surface area contributed by atoms with Gasteiger partial charge in [-0.05, 0) is 6.42 Å². The molecule has 0 radical (unpaired) electrons. The minimum absolute atomic E-state index is 0.240. The number of aliphatic carboxylic acids is 1. The molecule has 0 spiro atoms. The van der Waals surface area contributed by atoms with Crippen molar-refractivity contribution < 1.29 is 14.3 Å². The molecule has 88 valence electrons. The monoisotopic (exact) mass is 227 g/mol. The van der Waals surface area contributed by atoms with Gasteiger partial charge in [-0.1, -0.05) is 13.3 Å². The largest absolute Gasteiger partial charge is 0.481 e. The molecule has 1 heterocycles. The zero-order valence-corrected chi connectivity index (χ0v) is 8.98. The van der Waals surface area contributed by atoms with E-state index < -0.39 is 17.7 Å². The van der Waals surface area contributed by atoms with Crippen LogP contribution in [0.25, 0.3) is 0 Å². The molecular weight excluding hydrogens is 213 g/mol. The molecule has 6 heteroatoms. The van der Waals surface area contributed by atoms with Gasteiger partial charge in [0, 0.05) is 6.54 Å². The SMILES string of the molecule is CCCC(CNc1ncc(F)cn1)C(=O)O. The Bertz CT molecular complexity index is 342. The average molecular weight is 227 g/mol. The van der Waals surface area contributed by atoms with Gasteiger partial charge in [0.25, 0.3) is 0 Å². The highest BCUT2D eigenvalue weighted by molar-refractivity contribution is 5.70.